The van der Waals surface area contributed by atoms with E-state index in [1.54, 1.807) is 36.4 Å². The lowest BCUT2D eigenvalue weighted by Gasteiger charge is -2.18. The average molecular weight is 317 g/mol. The van der Waals surface area contributed by atoms with Crippen molar-refractivity contribution < 1.29 is 9.59 Å². The fourth-order valence-electron chi connectivity index (χ4n) is 2.00. The predicted molar refractivity (Wildman–Crippen MR) is 89.0 cm³/mol. The third-order valence-electron chi connectivity index (χ3n) is 3.24. The van der Waals surface area contributed by atoms with Gasteiger partial charge in [0.2, 0.25) is 5.91 Å². The van der Waals surface area contributed by atoms with Gasteiger partial charge < -0.3 is 15.5 Å². The topological polar surface area (TPSA) is 61.4 Å². The number of likely N-dealkylation sites (N-methyl/N-ethyl adjacent to an activating group) is 1. The monoisotopic (exact) mass is 317 g/mol. The van der Waals surface area contributed by atoms with E-state index in [1.165, 1.54) is 0 Å². The molecule has 0 aliphatic heterocycles. The summed E-state index contributed by atoms with van der Waals surface area (Å²) in [6, 6.07) is 9.12. The predicted octanol–water partition coefficient (Wildman–Crippen LogP) is 2.70. The molecule has 1 aromatic heterocycles. The van der Waals surface area contributed by atoms with Crippen molar-refractivity contribution in [3.05, 3.63) is 52.2 Å². The van der Waals surface area contributed by atoms with Gasteiger partial charge in [0.05, 0.1) is 6.42 Å². The van der Waals surface area contributed by atoms with Gasteiger partial charge in [0.15, 0.2) is 0 Å². The van der Waals surface area contributed by atoms with Crippen LogP contribution in [0.2, 0.25) is 0 Å². The highest BCUT2D eigenvalue weighted by Gasteiger charge is 2.13. The standard InChI is InChI=1S/C16H19N3O2S/c1-17-15(20)9-13-5-3-4-6-14(13)18-16(21)19(2)10-12-7-8-22-11-12/h3-8,11H,9-10H2,1-2H3,(H,17,20)(H,18,21). The van der Waals surface area contributed by atoms with Crippen molar-refractivity contribution in [3.63, 3.8) is 0 Å². The van der Waals surface area contributed by atoms with Crippen LogP contribution in [0, 0.1) is 0 Å². The Kier molecular flexibility index (Phi) is 5.55. The zero-order chi connectivity index (χ0) is 15.9. The van der Waals surface area contributed by atoms with Crippen LogP contribution in [0.25, 0.3) is 0 Å². The highest BCUT2D eigenvalue weighted by molar-refractivity contribution is 7.07. The first-order valence-corrected chi connectivity index (χ1v) is 7.86. The fourth-order valence-corrected chi connectivity index (χ4v) is 2.66. The molecule has 6 heteroatoms. The van der Waals surface area contributed by atoms with Crippen LogP contribution in [-0.2, 0) is 17.8 Å². The Bertz CT molecular complexity index is 641. The van der Waals surface area contributed by atoms with E-state index < -0.39 is 0 Å². The van der Waals surface area contributed by atoms with Gasteiger partial charge in [0.1, 0.15) is 0 Å². The molecule has 0 radical (unpaired) electrons. The lowest BCUT2D eigenvalue weighted by molar-refractivity contribution is -0.119. The maximum absolute atomic E-state index is 12.3. The Balaban J connectivity index is 2.03. The molecule has 0 saturated carbocycles. The highest BCUT2D eigenvalue weighted by Crippen LogP contribution is 2.17. The molecule has 0 aliphatic carbocycles. The lowest BCUT2D eigenvalue weighted by atomic mass is 10.1. The molecule has 1 aromatic carbocycles. The van der Waals surface area contributed by atoms with Crippen molar-refractivity contribution in [2.75, 3.05) is 19.4 Å². The summed E-state index contributed by atoms with van der Waals surface area (Å²) in [5.74, 6) is -0.0895. The molecule has 116 valence electrons. The first-order valence-electron chi connectivity index (χ1n) is 6.92. The largest absolute Gasteiger partial charge is 0.359 e. The van der Waals surface area contributed by atoms with Gasteiger partial charge in [-0.2, -0.15) is 11.3 Å². The summed E-state index contributed by atoms with van der Waals surface area (Å²) < 4.78 is 0. The minimum Gasteiger partial charge on any atom is -0.359 e. The average Bonchev–Trinajstić information content (AvgIpc) is 3.01. The van der Waals surface area contributed by atoms with Crippen molar-refractivity contribution in [1.82, 2.24) is 10.2 Å². The second-order valence-electron chi connectivity index (χ2n) is 4.92. The quantitative estimate of drug-likeness (QED) is 0.890. The van der Waals surface area contributed by atoms with Crippen molar-refractivity contribution in [2.24, 2.45) is 0 Å². The number of anilines is 1. The molecular weight excluding hydrogens is 298 g/mol. The Labute approximate surface area is 134 Å². The summed E-state index contributed by atoms with van der Waals surface area (Å²) in [5.41, 5.74) is 2.55. The molecule has 0 fully saturated rings. The van der Waals surface area contributed by atoms with Crippen LogP contribution in [0.5, 0.6) is 0 Å². The number of urea groups is 1. The van der Waals surface area contributed by atoms with Gasteiger partial charge >= 0.3 is 6.03 Å². The summed E-state index contributed by atoms with van der Waals surface area (Å²) in [7, 11) is 3.34. The molecule has 0 unspecified atom stereocenters. The number of carbonyl (C=O) groups is 2. The number of para-hydroxylation sites is 1. The molecule has 1 heterocycles. The number of thiophene rings is 1. The smallest absolute Gasteiger partial charge is 0.321 e. The summed E-state index contributed by atoms with van der Waals surface area (Å²) in [5, 5.41) is 9.45. The number of carbonyl (C=O) groups excluding carboxylic acids is 2. The van der Waals surface area contributed by atoms with Gasteiger partial charge in [-0.15, -0.1) is 0 Å². The van der Waals surface area contributed by atoms with Crippen LogP contribution < -0.4 is 10.6 Å². The van der Waals surface area contributed by atoms with Crippen LogP contribution in [0.15, 0.2) is 41.1 Å². The van der Waals surface area contributed by atoms with Crippen molar-refractivity contribution in [3.8, 4) is 0 Å². The number of rotatable bonds is 5. The third kappa shape index (κ3) is 4.33. The number of amides is 3. The summed E-state index contributed by atoms with van der Waals surface area (Å²) in [6.07, 6.45) is 0.237. The van der Waals surface area contributed by atoms with Gasteiger partial charge in [-0.3, -0.25) is 4.79 Å². The van der Waals surface area contributed by atoms with E-state index in [9.17, 15) is 9.59 Å². The Morgan fingerprint density at radius 2 is 2.00 bits per heavy atom. The van der Waals surface area contributed by atoms with Gasteiger partial charge in [0.25, 0.3) is 0 Å². The van der Waals surface area contributed by atoms with Gasteiger partial charge in [-0.1, -0.05) is 18.2 Å². The Morgan fingerprint density at radius 3 is 2.68 bits per heavy atom. The maximum atomic E-state index is 12.3. The van der Waals surface area contributed by atoms with E-state index in [0.29, 0.717) is 12.2 Å². The van der Waals surface area contributed by atoms with E-state index >= 15 is 0 Å². The number of benzene rings is 1. The maximum Gasteiger partial charge on any atom is 0.321 e. The molecule has 2 N–H and O–H groups in total. The first-order chi connectivity index (χ1) is 10.6. The minimum atomic E-state index is -0.199. The molecule has 2 aromatic rings. The normalized spacial score (nSPS) is 10.1. The van der Waals surface area contributed by atoms with Crippen LogP contribution >= 0.6 is 11.3 Å². The zero-order valence-corrected chi connectivity index (χ0v) is 13.4. The van der Waals surface area contributed by atoms with Crippen molar-refractivity contribution >= 4 is 29.0 Å². The molecule has 2 rings (SSSR count). The minimum absolute atomic E-state index is 0.0895. The fraction of sp³-hybridized carbons (Fsp3) is 0.250. The van der Waals surface area contributed by atoms with Crippen LogP contribution in [-0.4, -0.2) is 30.9 Å². The molecule has 22 heavy (non-hydrogen) atoms. The van der Waals surface area contributed by atoms with Crippen LogP contribution in [0.4, 0.5) is 10.5 Å². The third-order valence-corrected chi connectivity index (χ3v) is 3.97. The van der Waals surface area contributed by atoms with Gasteiger partial charge in [0, 0.05) is 26.3 Å². The first kappa shape index (κ1) is 16.0. The van der Waals surface area contributed by atoms with Crippen LogP contribution in [0.3, 0.4) is 0 Å². The molecule has 3 amide bonds. The van der Waals surface area contributed by atoms with Crippen molar-refractivity contribution in [2.45, 2.75) is 13.0 Å². The number of nitrogens with zero attached hydrogens (tertiary/aromatic N) is 1. The Morgan fingerprint density at radius 1 is 1.23 bits per heavy atom. The summed E-state index contributed by atoms with van der Waals surface area (Å²) in [4.78, 5) is 25.4. The van der Waals surface area contributed by atoms with Crippen LogP contribution in [0.1, 0.15) is 11.1 Å². The highest BCUT2D eigenvalue weighted by atomic mass is 32.1. The van der Waals surface area contributed by atoms with Gasteiger partial charge in [-0.25, -0.2) is 4.79 Å². The molecule has 0 spiro atoms. The number of nitrogens with one attached hydrogen (secondary N) is 2. The molecule has 5 nitrogen and oxygen atoms in total. The Hall–Kier alpha value is -2.34. The molecular formula is C16H19N3O2S. The van der Waals surface area contributed by atoms with E-state index in [1.807, 2.05) is 35.0 Å². The second kappa shape index (κ2) is 7.61. The molecule has 0 saturated heterocycles. The molecule has 0 aliphatic rings. The van der Waals surface area contributed by atoms with Gasteiger partial charge in [-0.05, 0) is 34.0 Å². The lowest BCUT2D eigenvalue weighted by Crippen LogP contribution is -2.31. The summed E-state index contributed by atoms with van der Waals surface area (Å²) in [6.45, 7) is 0.549. The van der Waals surface area contributed by atoms with E-state index in [4.69, 9.17) is 0 Å². The number of hydrogen-bond donors (Lipinski definition) is 2. The van der Waals surface area contributed by atoms with Crippen molar-refractivity contribution in [1.29, 1.82) is 0 Å². The molecule has 0 atom stereocenters. The van der Waals surface area contributed by atoms with E-state index in [0.717, 1.165) is 11.1 Å². The van der Waals surface area contributed by atoms with E-state index in [-0.39, 0.29) is 18.4 Å². The zero-order valence-electron chi connectivity index (χ0n) is 12.6. The number of hydrogen-bond acceptors (Lipinski definition) is 3. The SMILES string of the molecule is CNC(=O)Cc1ccccc1NC(=O)N(C)Cc1ccsc1. The second-order valence-corrected chi connectivity index (χ2v) is 5.70. The summed E-state index contributed by atoms with van der Waals surface area (Å²) >= 11 is 1.61. The molecule has 0 bridgehead atoms. The van der Waals surface area contributed by atoms with E-state index in [2.05, 4.69) is 10.6 Å².